The van der Waals surface area contributed by atoms with Crippen LogP contribution in [0.2, 0.25) is 0 Å². The molecule has 10 heteroatoms. The zero-order valence-electron chi connectivity index (χ0n) is 14.5. The smallest absolute Gasteiger partial charge is 0.287 e. The Morgan fingerprint density at radius 1 is 1.22 bits per heavy atom. The molecule has 0 aliphatic carbocycles. The maximum absolute atomic E-state index is 13.6. The van der Waals surface area contributed by atoms with Gasteiger partial charge in [0.25, 0.3) is 15.9 Å². The van der Waals surface area contributed by atoms with Crippen molar-refractivity contribution < 1.29 is 26.4 Å². The summed E-state index contributed by atoms with van der Waals surface area (Å²) < 4.78 is 57.4. The fourth-order valence-electron chi connectivity index (χ4n) is 3.08. The molecule has 3 N–H and O–H groups in total. The van der Waals surface area contributed by atoms with Crippen LogP contribution in [0.15, 0.2) is 39.8 Å². The van der Waals surface area contributed by atoms with Crippen LogP contribution in [-0.4, -0.2) is 40.5 Å². The number of sulfonamides is 1. The number of amides is 1. The van der Waals surface area contributed by atoms with E-state index in [4.69, 9.17) is 4.42 Å². The first-order valence-corrected chi connectivity index (χ1v) is 9.80. The van der Waals surface area contributed by atoms with Gasteiger partial charge >= 0.3 is 0 Å². The highest BCUT2D eigenvalue weighted by Crippen LogP contribution is 2.27. The molecule has 2 unspecified atom stereocenters. The molecule has 0 bridgehead atoms. The van der Waals surface area contributed by atoms with Gasteiger partial charge in [-0.15, -0.1) is 0 Å². The van der Waals surface area contributed by atoms with E-state index in [1.165, 1.54) is 25.2 Å². The minimum atomic E-state index is -3.79. The summed E-state index contributed by atoms with van der Waals surface area (Å²) in [6.07, 6.45) is 0.619. The average molecular weight is 399 g/mol. The van der Waals surface area contributed by atoms with E-state index in [1.54, 1.807) is 0 Å². The number of benzene rings is 1. The van der Waals surface area contributed by atoms with Crippen LogP contribution in [-0.2, 0) is 10.0 Å². The monoisotopic (exact) mass is 399 g/mol. The number of furan rings is 1. The van der Waals surface area contributed by atoms with Gasteiger partial charge in [-0.2, -0.15) is 0 Å². The number of halogens is 2. The standard InChI is InChI=1S/C17H19F2N3O4S/c1-20-27(24,25)16-5-4-15(26-16)17(23)22-14-9-21-7-6-11(14)10-2-3-12(18)13(19)8-10/h2-5,8,11,14,20-21H,6-7,9H2,1H3,(H,22,23). The molecule has 2 atom stereocenters. The molecule has 146 valence electrons. The molecule has 0 saturated carbocycles. The summed E-state index contributed by atoms with van der Waals surface area (Å²) in [5.41, 5.74) is 0.582. The van der Waals surface area contributed by atoms with Crippen LogP contribution in [0.25, 0.3) is 0 Å². The number of rotatable bonds is 5. The number of piperidine rings is 1. The Balaban J connectivity index is 1.78. The van der Waals surface area contributed by atoms with Gasteiger partial charge in [0, 0.05) is 18.5 Å². The molecule has 7 nitrogen and oxygen atoms in total. The molecule has 1 fully saturated rings. The van der Waals surface area contributed by atoms with Crippen molar-refractivity contribution in [3.05, 3.63) is 53.3 Å². The zero-order valence-corrected chi connectivity index (χ0v) is 15.3. The van der Waals surface area contributed by atoms with Gasteiger partial charge in [0.05, 0.1) is 0 Å². The average Bonchev–Trinajstić information content (AvgIpc) is 3.16. The Hall–Kier alpha value is -2.30. The first-order valence-electron chi connectivity index (χ1n) is 8.31. The summed E-state index contributed by atoms with van der Waals surface area (Å²) in [6.45, 7) is 1.10. The van der Waals surface area contributed by atoms with Crippen molar-refractivity contribution in [1.29, 1.82) is 0 Å². The van der Waals surface area contributed by atoms with Crippen molar-refractivity contribution in [2.24, 2.45) is 0 Å². The molecular weight excluding hydrogens is 380 g/mol. The van der Waals surface area contributed by atoms with Gasteiger partial charge in [-0.25, -0.2) is 21.9 Å². The lowest BCUT2D eigenvalue weighted by molar-refractivity contribution is 0.0891. The summed E-state index contributed by atoms with van der Waals surface area (Å²) in [5.74, 6) is -2.83. The fourth-order valence-corrected chi connectivity index (χ4v) is 3.73. The largest absolute Gasteiger partial charge is 0.438 e. The van der Waals surface area contributed by atoms with Crippen LogP contribution in [0.1, 0.15) is 28.5 Å². The van der Waals surface area contributed by atoms with E-state index in [0.717, 1.165) is 12.1 Å². The van der Waals surface area contributed by atoms with Crippen molar-refractivity contribution >= 4 is 15.9 Å². The molecule has 1 saturated heterocycles. The molecule has 1 amide bonds. The predicted octanol–water partition coefficient (Wildman–Crippen LogP) is 1.34. The summed E-state index contributed by atoms with van der Waals surface area (Å²) in [7, 11) is -2.56. The number of hydrogen-bond acceptors (Lipinski definition) is 5. The van der Waals surface area contributed by atoms with Gasteiger partial charge in [-0.05, 0) is 49.8 Å². The first kappa shape index (κ1) is 19.5. The summed E-state index contributed by atoms with van der Waals surface area (Å²) in [6, 6.07) is 5.75. The van der Waals surface area contributed by atoms with Crippen LogP contribution in [0, 0.1) is 11.6 Å². The Kier molecular flexibility index (Phi) is 5.59. The van der Waals surface area contributed by atoms with Crippen LogP contribution in [0.5, 0.6) is 0 Å². The van der Waals surface area contributed by atoms with E-state index < -0.39 is 33.6 Å². The van der Waals surface area contributed by atoms with E-state index in [9.17, 15) is 22.0 Å². The van der Waals surface area contributed by atoms with Gasteiger partial charge in [0.1, 0.15) is 0 Å². The lowest BCUT2D eigenvalue weighted by Gasteiger charge is -2.33. The summed E-state index contributed by atoms with van der Waals surface area (Å²) in [5, 5.41) is 5.54. The molecule has 27 heavy (non-hydrogen) atoms. The van der Waals surface area contributed by atoms with Gasteiger partial charge in [0.2, 0.25) is 5.09 Å². The third-order valence-corrected chi connectivity index (χ3v) is 5.80. The van der Waals surface area contributed by atoms with Crippen molar-refractivity contribution in [2.45, 2.75) is 23.5 Å². The maximum atomic E-state index is 13.6. The number of nitrogens with one attached hydrogen (secondary N) is 3. The second-order valence-electron chi connectivity index (χ2n) is 6.18. The van der Waals surface area contributed by atoms with Gasteiger partial charge in [0.15, 0.2) is 17.4 Å². The van der Waals surface area contributed by atoms with Gasteiger partial charge in [-0.3, -0.25) is 4.79 Å². The number of hydrogen-bond donors (Lipinski definition) is 3. The molecule has 1 aliphatic rings. The van der Waals surface area contributed by atoms with Gasteiger partial charge < -0.3 is 15.1 Å². The molecule has 1 aliphatic heterocycles. The number of carbonyl (C=O) groups is 1. The summed E-state index contributed by atoms with van der Waals surface area (Å²) >= 11 is 0. The van der Waals surface area contributed by atoms with Crippen molar-refractivity contribution in [2.75, 3.05) is 20.1 Å². The quantitative estimate of drug-likeness (QED) is 0.705. The zero-order chi connectivity index (χ0) is 19.6. The topological polar surface area (TPSA) is 100 Å². The van der Waals surface area contributed by atoms with Crippen molar-refractivity contribution in [1.82, 2.24) is 15.4 Å². The van der Waals surface area contributed by atoms with E-state index in [2.05, 4.69) is 15.4 Å². The van der Waals surface area contributed by atoms with E-state index in [1.807, 2.05) is 0 Å². The van der Waals surface area contributed by atoms with Gasteiger partial charge in [-0.1, -0.05) is 6.07 Å². The minimum absolute atomic E-state index is 0.154. The predicted molar refractivity (Wildman–Crippen MR) is 92.8 cm³/mol. The molecule has 0 spiro atoms. The second kappa shape index (κ2) is 7.75. The molecule has 3 rings (SSSR count). The van der Waals surface area contributed by atoms with Crippen LogP contribution in [0.3, 0.4) is 0 Å². The fraction of sp³-hybridized carbons (Fsp3) is 0.353. The third kappa shape index (κ3) is 4.18. The van der Waals surface area contributed by atoms with E-state index in [-0.39, 0.29) is 16.8 Å². The lowest BCUT2D eigenvalue weighted by atomic mass is 9.86. The Morgan fingerprint density at radius 2 is 2.00 bits per heavy atom. The second-order valence-corrected chi connectivity index (χ2v) is 8.00. The molecule has 1 aromatic heterocycles. The van der Waals surface area contributed by atoms with Crippen LogP contribution in [0.4, 0.5) is 8.78 Å². The molecule has 1 aromatic carbocycles. The first-order chi connectivity index (χ1) is 12.8. The molecule has 2 aromatic rings. The van der Waals surface area contributed by atoms with E-state index >= 15 is 0 Å². The third-order valence-electron chi connectivity index (χ3n) is 4.51. The maximum Gasteiger partial charge on any atom is 0.287 e. The highest BCUT2D eigenvalue weighted by molar-refractivity contribution is 7.89. The lowest BCUT2D eigenvalue weighted by Crippen LogP contribution is -2.50. The minimum Gasteiger partial charge on any atom is -0.438 e. The highest BCUT2D eigenvalue weighted by Gasteiger charge is 2.30. The molecule has 0 radical (unpaired) electrons. The highest BCUT2D eigenvalue weighted by atomic mass is 32.2. The van der Waals surface area contributed by atoms with Crippen molar-refractivity contribution in [3.63, 3.8) is 0 Å². The van der Waals surface area contributed by atoms with Crippen LogP contribution < -0.4 is 15.4 Å². The normalized spacial score (nSPS) is 20.4. The SMILES string of the molecule is CNS(=O)(=O)c1ccc(C(=O)NC2CNCCC2c2ccc(F)c(F)c2)o1. The molecular formula is C17H19F2N3O4S. The van der Waals surface area contributed by atoms with E-state index in [0.29, 0.717) is 25.1 Å². The Morgan fingerprint density at radius 3 is 2.70 bits per heavy atom. The van der Waals surface area contributed by atoms with Crippen molar-refractivity contribution in [3.8, 4) is 0 Å². The van der Waals surface area contributed by atoms with Crippen LogP contribution >= 0.6 is 0 Å². The Bertz CT molecular complexity index is 945. The molecule has 2 heterocycles. The Labute approximate surface area is 155 Å². The summed E-state index contributed by atoms with van der Waals surface area (Å²) in [4.78, 5) is 12.5. The number of carbonyl (C=O) groups excluding carboxylic acids is 1.